The zero-order valence-electron chi connectivity index (χ0n) is 12.4. The van der Waals surface area contributed by atoms with E-state index in [1.54, 1.807) is 0 Å². The third kappa shape index (κ3) is 5.27. The molecular formula is C11H18N2O9. The van der Waals surface area contributed by atoms with Gasteiger partial charge in [0.25, 0.3) is 5.90 Å². The van der Waals surface area contributed by atoms with Gasteiger partial charge in [-0.3, -0.25) is 14.5 Å². The Kier molecular flexibility index (Phi) is 7.42. The van der Waals surface area contributed by atoms with E-state index in [4.69, 9.17) is 10.6 Å². The summed E-state index contributed by atoms with van der Waals surface area (Å²) >= 11 is 0. The predicted octanol–water partition coefficient (Wildman–Crippen LogP) is -1.68. The minimum atomic E-state index is -2.77. The van der Waals surface area contributed by atoms with E-state index in [9.17, 15) is 24.6 Å². The van der Waals surface area contributed by atoms with Gasteiger partial charge in [-0.2, -0.15) is 0 Å². The maximum Gasteiger partial charge on any atom is 0.360 e. The lowest BCUT2D eigenvalue weighted by molar-refractivity contribution is -0.394. The SMILES string of the molecule is CC(=O)OO[C@@](OC(C)=O)(C(=NN)OC(C)=O)[C@@H](O)[C@H](C)O. The van der Waals surface area contributed by atoms with Crippen molar-refractivity contribution >= 4 is 23.8 Å². The maximum atomic E-state index is 11.3. The molecule has 3 atom stereocenters. The van der Waals surface area contributed by atoms with Crippen molar-refractivity contribution in [3.63, 3.8) is 0 Å². The first-order chi connectivity index (χ1) is 10.1. The van der Waals surface area contributed by atoms with E-state index < -0.39 is 41.8 Å². The molecule has 126 valence electrons. The van der Waals surface area contributed by atoms with Crippen LogP contribution < -0.4 is 5.84 Å². The number of nitrogens with two attached hydrogens (primary N) is 1. The highest BCUT2D eigenvalue weighted by Crippen LogP contribution is 2.25. The van der Waals surface area contributed by atoms with Gasteiger partial charge < -0.3 is 25.5 Å². The fraction of sp³-hybridized carbons (Fsp3) is 0.636. The lowest BCUT2D eigenvalue weighted by Crippen LogP contribution is -2.60. The van der Waals surface area contributed by atoms with Crippen LogP contribution in [-0.2, 0) is 33.6 Å². The number of aliphatic hydroxyl groups is 2. The molecule has 0 amide bonds. The molecule has 0 aliphatic heterocycles. The monoisotopic (exact) mass is 322 g/mol. The third-order valence-electron chi connectivity index (χ3n) is 2.08. The summed E-state index contributed by atoms with van der Waals surface area (Å²) in [6.45, 7) is 3.92. The molecule has 0 bridgehead atoms. The van der Waals surface area contributed by atoms with E-state index >= 15 is 0 Å². The third-order valence-corrected chi connectivity index (χ3v) is 2.08. The Morgan fingerprint density at radius 2 is 1.64 bits per heavy atom. The smallest absolute Gasteiger partial charge is 0.360 e. The van der Waals surface area contributed by atoms with Gasteiger partial charge in [-0.25, -0.2) is 4.79 Å². The van der Waals surface area contributed by atoms with Crippen LogP contribution in [0.4, 0.5) is 0 Å². The molecule has 11 nitrogen and oxygen atoms in total. The molecule has 0 spiro atoms. The molecule has 0 saturated heterocycles. The van der Waals surface area contributed by atoms with Gasteiger partial charge in [0.05, 0.1) is 6.10 Å². The molecule has 0 fully saturated rings. The minimum absolute atomic E-state index is 0.919. The van der Waals surface area contributed by atoms with Crippen molar-refractivity contribution in [2.45, 2.75) is 45.7 Å². The Hall–Kier alpha value is -2.24. The molecule has 0 saturated carbocycles. The van der Waals surface area contributed by atoms with E-state index in [1.807, 2.05) is 0 Å². The second-order valence-electron chi connectivity index (χ2n) is 4.13. The summed E-state index contributed by atoms with van der Waals surface area (Å²) in [5, 5.41) is 22.6. The zero-order chi connectivity index (χ0) is 17.5. The van der Waals surface area contributed by atoms with Crippen molar-refractivity contribution < 1.29 is 43.8 Å². The normalized spacial score (nSPS) is 16.9. The summed E-state index contributed by atoms with van der Waals surface area (Å²) in [6, 6.07) is 0. The molecule has 22 heavy (non-hydrogen) atoms. The number of ether oxygens (including phenoxy) is 2. The molecule has 0 aliphatic carbocycles. The Balaban J connectivity index is 5.95. The van der Waals surface area contributed by atoms with E-state index in [-0.39, 0.29) is 0 Å². The van der Waals surface area contributed by atoms with Crippen molar-refractivity contribution in [2.24, 2.45) is 10.9 Å². The number of nitrogens with zero attached hydrogens (tertiary/aromatic N) is 1. The topological polar surface area (TPSA) is 167 Å². The molecule has 0 aromatic carbocycles. The van der Waals surface area contributed by atoms with Crippen LogP contribution in [0.2, 0.25) is 0 Å². The number of carbonyl (C=O) groups excluding carboxylic acids is 3. The van der Waals surface area contributed by atoms with Crippen molar-refractivity contribution in [1.29, 1.82) is 0 Å². The standard InChI is InChI=1S/C11H18N2O9/c1-5(14)9(18)11(20-7(3)16,22-21-8(4)17)10(13-12)19-6(2)15/h5,9,14,18H,12H2,1-4H3/t5-,9-,11+/m0/s1. The largest absolute Gasteiger partial charge is 0.418 e. The molecule has 11 heteroatoms. The molecule has 0 unspecified atom stereocenters. The molecule has 0 heterocycles. The number of hydrazone groups is 1. The molecule has 4 N–H and O–H groups in total. The van der Waals surface area contributed by atoms with Crippen molar-refractivity contribution in [2.75, 3.05) is 0 Å². The molecule has 0 aliphatic rings. The van der Waals surface area contributed by atoms with E-state index in [0.29, 0.717) is 0 Å². The lowest BCUT2D eigenvalue weighted by Gasteiger charge is -2.34. The van der Waals surface area contributed by atoms with Crippen LogP contribution in [0.15, 0.2) is 5.10 Å². The van der Waals surface area contributed by atoms with Crippen LogP contribution in [0.1, 0.15) is 27.7 Å². The lowest BCUT2D eigenvalue weighted by atomic mass is 10.1. The first kappa shape index (κ1) is 19.8. The Bertz CT molecular complexity index is 462. The molecule has 0 aromatic rings. The second-order valence-corrected chi connectivity index (χ2v) is 4.13. The quantitative estimate of drug-likeness (QED) is 0.0976. The van der Waals surface area contributed by atoms with E-state index in [2.05, 4.69) is 19.6 Å². The number of carbonyl (C=O) groups is 3. The average molecular weight is 322 g/mol. The Labute approximate surface area is 125 Å². The van der Waals surface area contributed by atoms with Gasteiger partial charge in [0, 0.05) is 20.8 Å². The van der Waals surface area contributed by atoms with Crippen LogP contribution in [-0.4, -0.2) is 52.0 Å². The summed E-state index contributed by atoms with van der Waals surface area (Å²) in [6.07, 6.45) is -3.64. The maximum absolute atomic E-state index is 11.3. The van der Waals surface area contributed by atoms with E-state index in [0.717, 1.165) is 27.7 Å². The van der Waals surface area contributed by atoms with E-state index in [1.165, 1.54) is 0 Å². The summed E-state index contributed by atoms with van der Waals surface area (Å²) < 4.78 is 9.32. The highest BCUT2D eigenvalue weighted by molar-refractivity contribution is 5.94. The van der Waals surface area contributed by atoms with Crippen LogP contribution in [0.25, 0.3) is 0 Å². The fourth-order valence-electron chi connectivity index (χ4n) is 1.31. The highest BCUT2D eigenvalue weighted by atomic mass is 17.2. The van der Waals surface area contributed by atoms with Crippen LogP contribution in [0.5, 0.6) is 0 Å². The van der Waals surface area contributed by atoms with Crippen LogP contribution in [0.3, 0.4) is 0 Å². The molecular weight excluding hydrogens is 304 g/mol. The number of hydrogen-bond donors (Lipinski definition) is 3. The first-order valence-electron chi connectivity index (χ1n) is 5.95. The number of aliphatic hydroxyl groups excluding tert-OH is 2. The summed E-state index contributed by atoms with van der Waals surface area (Å²) in [5.41, 5.74) is 0. The van der Waals surface area contributed by atoms with Crippen molar-refractivity contribution in [3.05, 3.63) is 0 Å². The summed E-state index contributed by atoms with van der Waals surface area (Å²) in [5.74, 6) is -1.67. The summed E-state index contributed by atoms with van der Waals surface area (Å²) in [4.78, 5) is 42.0. The number of hydrogen-bond acceptors (Lipinski definition) is 11. The Morgan fingerprint density at radius 1 is 1.09 bits per heavy atom. The van der Waals surface area contributed by atoms with Crippen molar-refractivity contribution in [3.8, 4) is 0 Å². The summed E-state index contributed by atoms with van der Waals surface area (Å²) in [7, 11) is 0. The molecule has 0 radical (unpaired) electrons. The molecule has 0 aromatic heterocycles. The van der Waals surface area contributed by atoms with Gasteiger partial charge in [0.15, 0.2) is 6.10 Å². The Morgan fingerprint density at radius 3 is 1.95 bits per heavy atom. The minimum Gasteiger partial charge on any atom is -0.418 e. The van der Waals surface area contributed by atoms with Gasteiger partial charge >= 0.3 is 23.7 Å². The highest BCUT2D eigenvalue weighted by Gasteiger charge is 2.55. The van der Waals surface area contributed by atoms with Crippen molar-refractivity contribution in [1.82, 2.24) is 0 Å². The second kappa shape index (κ2) is 8.26. The van der Waals surface area contributed by atoms with Crippen LogP contribution >= 0.6 is 0 Å². The van der Waals surface area contributed by atoms with Gasteiger partial charge in [-0.15, -0.1) is 9.99 Å². The number of esters is 2. The first-order valence-corrected chi connectivity index (χ1v) is 5.95. The average Bonchev–Trinajstić information content (AvgIpc) is 2.39. The van der Waals surface area contributed by atoms with Gasteiger partial charge in [-0.1, -0.05) is 0 Å². The van der Waals surface area contributed by atoms with Gasteiger partial charge in [0.2, 0.25) is 0 Å². The van der Waals surface area contributed by atoms with Gasteiger partial charge in [0.1, 0.15) is 0 Å². The van der Waals surface area contributed by atoms with Crippen LogP contribution in [0, 0.1) is 0 Å². The zero-order valence-corrected chi connectivity index (χ0v) is 12.4. The number of rotatable bonds is 6. The predicted molar refractivity (Wildman–Crippen MR) is 68.4 cm³/mol. The van der Waals surface area contributed by atoms with Gasteiger partial charge in [-0.05, 0) is 6.92 Å². The fourth-order valence-corrected chi connectivity index (χ4v) is 1.31. The molecule has 0 rings (SSSR count).